The van der Waals surface area contributed by atoms with Crippen LogP contribution in [0.3, 0.4) is 0 Å². The predicted molar refractivity (Wildman–Crippen MR) is 99.9 cm³/mol. The summed E-state index contributed by atoms with van der Waals surface area (Å²) in [6, 6.07) is 12.0. The zero-order valence-electron chi connectivity index (χ0n) is 13.2. The van der Waals surface area contributed by atoms with Crippen LogP contribution in [0.5, 0.6) is 5.75 Å². The van der Waals surface area contributed by atoms with Gasteiger partial charge in [-0.3, -0.25) is 0 Å². The molecule has 0 fully saturated rings. The zero-order chi connectivity index (χ0) is 16.4. The van der Waals surface area contributed by atoms with E-state index in [9.17, 15) is 5.11 Å². The average molecular weight is 422 g/mol. The van der Waals surface area contributed by atoms with Crippen LogP contribution in [0.1, 0.15) is 11.1 Å². The molecule has 2 aromatic carbocycles. The van der Waals surface area contributed by atoms with Gasteiger partial charge in [0.05, 0.1) is 23.9 Å². The summed E-state index contributed by atoms with van der Waals surface area (Å²) in [5.41, 5.74) is 4.45. The summed E-state index contributed by atoms with van der Waals surface area (Å²) in [5, 5.41) is 10.2. The summed E-state index contributed by atoms with van der Waals surface area (Å²) in [6.07, 6.45) is 1.19. The van der Waals surface area contributed by atoms with Crippen molar-refractivity contribution in [2.24, 2.45) is 0 Å². The van der Waals surface area contributed by atoms with E-state index in [1.54, 1.807) is 6.33 Å². The normalized spacial score (nSPS) is 12.5. The molecule has 0 saturated heterocycles. The molecule has 0 amide bonds. The number of aromatic nitrogens is 2. The summed E-state index contributed by atoms with van der Waals surface area (Å²) in [7, 11) is 0. The molecule has 0 aliphatic rings. The molecular weight excluding hydrogens is 403 g/mol. The van der Waals surface area contributed by atoms with Crippen LogP contribution >= 0.6 is 22.6 Å². The molecule has 0 aliphatic carbocycles. The van der Waals surface area contributed by atoms with Gasteiger partial charge in [0, 0.05) is 3.57 Å². The molecule has 1 heterocycles. The van der Waals surface area contributed by atoms with Crippen LogP contribution in [0, 0.1) is 17.4 Å². The van der Waals surface area contributed by atoms with Crippen molar-refractivity contribution < 1.29 is 9.84 Å². The summed E-state index contributed by atoms with van der Waals surface area (Å²) in [6.45, 7) is 4.88. The highest BCUT2D eigenvalue weighted by molar-refractivity contribution is 14.1. The minimum Gasteiger partial charge on any atom is -0.491 e. The van der Waals surface area contributed by atoms with Gasteiger partial charge in [-0.15, -0.1) is 0 Å². The van der Waals surface area contributed by atoms with Gasteiger partial charge in [-0.25, -0.2) is 4.98 Å². The van der Waals surface area contributed by atoms with E-state index >= 15 is 0 Å². The monoisotopic (exact) mass is 422 g/mol. The van der Waals surface area contributed by atoms with Crippen molar-refractivity contribution in [1.29, 1.82) is 0 Å². The Hall–Kier alpha value is -1.60. The van der Waals surface area contributed by atoms with Gasteiger partial charge in [-0.2, -0.15) is 0 Å². The van der Waals surface area contributed by atoms with Crippen LogP contribution in [0.2, 0.25) is 0 Å². The fourth-order valence-electron chi connectivity index (χ4n) is 2.46. The molecule has 0 radical (unpaired) electrons. The lowest BCUT2D eigenvalue weighted by atomic mass is 10.1. The third-order valence-electron chi connectivity index (χ3n) is 3.90. The molecule has 0 bridgehead atoms. The highest BCUT2D eigenvalue weighted by atomic mass is 127. The standard InChI is InChI=1S/C18H19IN2O2/c1-12-7-17-18(8-13(12)2)21(11-20-17)9-15(22)10-23-16-5-3-14(19)4-6-16/h3-8,11,15,22H,9-10H2,1-2H3/t15-/m0/s1. The van der Waals surface area contributed by atoms with E-state index < -0.39 is 6.10 Å². The van der Waals surface area contributed by atoms with Crippen molar-refractivity contribution in [2.45, 2.75) is 26.5 Å². The molecule has 4 nitrogen and oxygen atoms in total. The van der Waals surface area contributed by atoms with Gasteiger partial charge in [-0.05, 0) is 84.0 Å². The SMILES string of the molecule is Cc1cc2ncn(C[C@H](O)COc3ccc(I)cc3)c2cc1C. The second-order valence-corrected chi connectivity index (χ2v) is 6.99. The molecule has 3 aromatic rings. The van der Waals surface area contributed by atoms with Crippen LogP contribution in [0.15, 0.2) is 42.7 Å². The first kappa shape index (κ1) is 16.3. The molecule has 1 N–H and O–H groups in total. The maximum Gasteiger partial charge on any atom is 0.119 e. The summed E-state index contributed by atoms with van der Waals surface area (Å²) < 4.78 is 8.77. The average Bonchev–Trinajstić information content (AvgIpc) is 2.89. The molecule has 1 atom stereocenters. The summed E-state index contributed by atoms with van der Waals surface area (Å²) in [5.74, 6) is 0.770. The number of nitrogens with zero attached hydrogens (tertiary/aromatic N) is 2. The van der Waals surface area contributed by atoms with Gasteiger partial charge in [0.2, 0.25) is 0 Å². The van der Waals surface area contributed by atoms with Crippen molar-refractivity contribution >= 4 is 33.6 Å². The molecular formula is C18H19IN2O2. The van der Waals surface area contributed by atoms with Crippen molar-refractivity contribution in [3.05, 3.63) is 57.4 Å². The number of hydrogen-bond donors (Lipinski definition) is 1. The second kappa shape index (κ2) is 6.88. The van der Waals surface area contributed by atoms with E-state index in [0.717, 1.165) is 20.4 Å². The van der Waals surface area contributed by atoms with Crippen LogP contribution in [0.25, 0.3) is 11.0 Å². The maximum absolute atomic E-state index is 10.2. The fourth-order valence-corrected chi connectivity index (χ4v) is 2.82. The van der Waals surface area contributed by atoms with Crippen molar-refractivity contribution in [3.8, 4) is 5.75 Å². The number of ether oxygens (including phenoxy) is 1. The largest absolute Gasteiger partial charge is 0.491 e. The lowest BCUT2D eigenvalue weighted by Gasteiger charge is -2.14. The van der Waals surface area contributed by atoms with E-state index in [1.807, 2.05) is 28.8 Å². The van der Waals surface area contributed by atoms with E-state index in [1.165, 1.54) is 11.1 Å². The lowest BCUT2D eigenvalue weighted by Crippen LogP contribution is -2.23. The minimum atomic E-state index is -0.590. The van der Waals surface area contributed by atoms with Crippen LogP contribution in [-0.2, 0) is 6.54 Å². The highest BCUT2D eigenvalue weighted by Gasteiger charge is 2.10. The van der Waals surface area contributed by atoms with Crippen LogP contribution < -0.4 is 4.74 Å². The van der Waals surface area contributed by atoms with E-state index in [0.29, 0.717) is 6.54 Å². The first-order valence-electron chi connectivity index (χ1n) is 7.51. The van der Waals surface area contributed by atoms with Gasteiger partial charge in [0.25, 0.3) is 0 Å². The Bertz CT molecular complexity index is 812. The highest BCUT2D eigenvalue weighted by Crippen LogP contribution is 2.19. The van der Waals surface area contributed by atoms with Gasteiger partial charge in [0.15, 0.2) is 0 Å². The lowest BCUT2D eigenvalue weighted by molar-refractivity contribution is 0.0934. The second-order valence-electron chi connectivity index (χ2n) is 5.74. The van der Waals surface area contributed by atoms with Gasteiger partial charge >= 0.3 is 0 Å². The van der Waals surface area contributed by atoms with Crippen molar-refractivity contribution in [2.75, 3.05) is 6.61 Å². The van der Waals surface area contributed by atoms with E-state index in [2.05, 4.69) is 53.6 Å². The van der Waals surface area contributed by atoms with E-state index in [4.69, 9.17) is 4.74 Å². The number of aliphatic hydroxyl groups excluding tert-OH is 1. The van der Waals surface area contributed by atoms with Crippen LogP contribution in [0.4, 0.5) is 0 Å². The predicted octanol–water partition coefficient (Wildman–Crippen LogP) is 3.70. The first-order valence-corrected chi connectivity index (χ1v) is 8.59. The zero-order valence-corrected chi connectivity index (χ0v) is 15.3. The first-order chi connectivity index (χ1) is 11.0. The molecule has 1 aromatic heterocycles. The van der Waals surface area contributed by atoms with Crippen molar-refractivity contribution in [3.63, 3.8) is 0 Å². The Morgan fingerprint density at radius 3 is 2.61 bits per heavy atom. The third kappa shape index (κ3) is 3.84. The number of imidazole rings is 1. The van der Waals surface area contributed by atoms with Crippen molar-refractivity contribution in [1.82, 2.24) is 9.55 Å². The number of halogens is 1. The molecule has 0 spiro atoms. The number of aryl methyl sites for hydroxylation is 2. The molecule has 23 heavy (non-hydrogen) atoms. The molecule has 0 unspecified atom stereocenters. The molecule has 0 aliphatic heterocycles. The molecule has 0 saturated carbocycles. The Kier molecular flexibility index (Phi) is 4.87. The Labute approximate surface area is 149 Å². The quantitative estimate of drug-likeness (QED) is 0.638. The molecule has 3 rings (SSSR count). The number of fused-ring (bicyclic) bond motifs is 1. The smallest absolute Gasteiger partial charge is 0.119 e. The topological polar surface area (TPSA) is 47.3 Å². The van der Waals surface area contributed by atoms with Crippen LogP contribution in [-0.4, -0.2) is 27.4 Å². The summed E-state index contributed by atoms with van der Waals surface area (Å²) in [4.78, 5) is 4.41. The fraction of sp³-hybridized carbons (Fsp3) is 0.278. The summed E-state index contributed by atoms with van der Waals surface area (Å²) >= 11 is 2.25. The minimum absolute atomic E-state index is 0.255. The van der Waals surface area contributed by atoms with Gasteiger partial charge in [0.1, 0.15) is 18.5 Å². The Morgan fingerprint density at radius 2 is 1.87 bits per heavy atom. The maximum atomic E-state index is 10.2. The third-order valence-corrected chi connectivity index (χ3v) is 4.62. The van der Waals surface area contributed by atoms with Gasteiger partial charge < -0.3 is 14.4 Å². The number of benzene rings is 2. The van der Waals surface area contributed by atoms with Gasteiger partial charge in [-0.1, -0.05) is 0 Å². The Balaban J connectivity index is 1.67. The number of aliphatic hydroxyl groups is 1. The molecule has 120 valence electrons. The number of rotatable bonds is 5. The molecule has 5 heteroatoms. The number of hydrogen-bond acceptors (Lipinski definition) is 3. The van der Waals surface area contributed by atoms with E-state index in [-0.39, 0.29) is 6.61 Å². The Morgan fingerprint density at radius 1 is 1.17 bits per heavy atom.